The number of nitrogens with zero attached hydrogens (tertiary/aromatic N) is 1. The van der Waals surface area contributed by atoms with E-state index in [9.17, 15) is 9.18 Å². The van der Waals surface area contributed by atoms with E-state index in [1.54, 1.807) is 19.1 Å². The lowest BCUT2D eigenvalue weighted by Crippen LogP contribution is -2.45. The summed E-state index contributed by atoms with van der Waals surface area (Å²) < 4.78 is 13.5. The second-order valence-corrected chi connectivity index (χ2v) is 6.33. The number of hydrogen-bond donors (Lipinski definition) is 0. The minimum absolute atomic E-state index is 0.0807. The Bertz CT molecular complexity index is 473. The fourth-order valence-electron chi connectivity index (χ4n) is 2.29. The molecule has 2 nitrogen and oxygen atoms in total. The molecule has 0 aromatic heterocycles. The molecular weight excluding hydrogens is 277 g/mol. The smallest absolute Gasteiger partial charge is 0.232 e. The van der Waals surface area contributed by atoms with Crippen molar-refractivity contribution < 1.29 is 9.18 Å². The topological polar surface area (TPSA) is 20.3 Å². The zero-order chi connectivity index (χ0) is 17.5. The van der Waals surface area contributed by atoms with Gasteiger partial charge in [0.15, 0.2) is 0 Å². The van der Waals surface area contributed by atoms with Crippen molar-refractivity contribution in [1.82, 2.24) is 0 Å². The van der Waals surface area contributed by atoms with Crippen molar-refractivity contribution in [1.29, 1.82) is 0 Å². The summed E-state index contributed by atoms with van der Waals surface area (Å²) in [6.07, 6.45) is 1.77. The molecule has 1 aromatic carbocycles. The van der Waals surface area contributed by atoms with Gasteiger partial charge in [-0.05, 0) is 43.5 Å². The first-order valence-electron chi connectivity index (χ1n) is 8.32. The Labute approximate surface area is 135 Å². The molecule has 0 atom stereocenters. The largest absolute Gasteiger partial charge is 0.309 e. The zero-order valence-electron chi connectivity index (χ0n) is 15.5. The predicted molar refractivity (Wildman–Crippen MR) is 93.8 cm³/mol. The van der Waals surface area contributed by atoms with Gasteiger partial charge >= 0.3 is 0 Å². The van der Waals surface area contributed by atoms with Gasteiger partial charge < -0.3 is 4.90 Å². The van der Waals surface area contributed by atoms with Gasteiger partial charge in [0.2, 0.25) is 5.91 Å². The molecule has 0 aliphatic carbocycles. The minimum atomic E-state index is -0.453. The van der Waals surface area contributed by atoms with Gasteiger partial charge in [0, 0.05) is 17.1 Å². The van der Waals surface area contributed by atoms with E-state index in [0.717, 1.165) is 18.5 Å². The molecule has 0 saturated heterocycles. The summed E-state index contributed by atoms with van der Waals surface area (Å²) in [6.45, 7) is 15.6. The Morgan fingerprint density at radius 1 is 1.18 bits per heavy atom. The number of anilines is 1. The molecule has 0 heterocycles. The fourth-order valence-corrected chi connectivity index (χ4v) is 2.29. The van der Waals surface area contributed by atoms with Gasteiger partial charge in [0.05, 0.1) is 0 Å². The summed E-state index contributed by atoms with van der Waals surface area (Å²) >= 11 is 0. The average Bonchev–Trinajstić information content (AvgIpc) is 2.48. The molecule has 126 valence electrons. The number of amides is 1. The maximum atomic E-state index is 13.5. The van der Waals surface area contributed by atoms with Crippen LogP contribution in [0, 0.1) is 18.2 Å². The Balaban J connectivity index is 0.00000211. The molecule has 0 saturated carbocycles. The van der Waals surface area contributed by atoms with E-state index in [1.807, 2.05) is 39.5 Å². The molecule has 3 heteroatoms. The molecule has 1 aromatic rings. The minimum Gasteiger partial charge on any atom is -0.309 e. The lowest BCUT2D eigenvalue weighted by atomic mass is 9.92. The van der Waals surface area contributed by atoms with Gasteiger partial charge in [0.1, 0.15) is 5.82 Å². The van der Waals surface area contributed by atoms with Crippen molar-refractivity contribution in [3.05, 3.63) is 29.6 Å². The molecule has 0 aliphatic heterocycles. The Morgan fingerprint density at radius 2 is 1.68 bits per heavy atom. The van der Waals surface area contributed by atoms with Gasteiger partial charge in [-0.2, -0.15) is 0 Å². The number of benzene rings is 1. The van der Waals surface area contributed by atoms with Crippen LogP contribution in [-0.4, -0.2) is 11.9 Å². The number of carbonyl (C=O) groups is 1. The first-order chi connectivity index (χ1) is 10.2. The van der Waals surface area contributed by atoms with Crippen molar-refractivity contribution in [3.63, 3.8) is 0 Å². The van der Waals surface area contributed by atoms with Crippen molar-refractivity contribution in [2.45, 2.75) is 74.3 Å². The number of rotatable bonds is 4. The quantitative estimate of drug-likeness (QED) is 0.695. The van der Waals surface area contributed by atoms with Crippen molar-refractivity contribution in [2.24, 2.45) is 5.41 Å². The second-order valence-electron chi connectivity index (χ2n) is 6.33. The molecule has 0 fully saturated rings. The van der Waals surface area contributed by atoms with Gasteiger partial charge in [0.25, 0.3) is 0 Å². The monoisotopic (exact) mass is 309 g/mol. The van der Waals surface area contributed by atoms with Crippen LogP contribution >= 0.6 is 0 Å². The summed E-state index contributed by atoms with van der Waals surface area (Å²) in [5.41, 5.74) is 0.905. The third kappa shape index (κ3) is 5.11. The summed E-state index contributed by atoms with van der Waals surface area (Å²) in [5, 5.41) is 0. The lowest BCUT2D eigenvalue weighted by Gasteiger charge is -2.35. The van der Waals surface area contributed by atoms with Crippen LogP contribution in [0.3, 0.4) is 0 Å². The van der Waals surface area contributed by atoms with Gasteiger partial charge in [-0.15, -0.1) is 0 Å². The van der Waals surface area contributed by atoms with Gasteiger partial charge in [-0.25, -0.2) is 4.39 Å². The van der Waals surface area contributed by atoms with Crippen LogP contribution in [0.4, 0.5) is 10.1 Å². The number of carbonyl (C=O) groups excluding carboxylic acids is 1. The van der Waals surface area contributed by atoms with E-state index in [1.165, 1.54) is 6.07 Å². The van der Waals surface area contributed by atoms with Crippen LogP contribution in [0.25, 0.3) is 0 Å². The van der Waals surface area contributed by atoms with E-state index < -0.39 is 5.41 Å². The fraction of sp³-hybridized carbons (Fsp3) is 0.632. The number of halogens is 1. The summed E-state index contributed by atoms with van der Waals surface area (Å²) in [4.78, 5) is 14.6. The third-order valence-corrected chi connectivity index (χ3v) is 3.59. The summed E-state index contributed by atoms with van der Waals surface area (Å²) in [7, 11) is 0. The molecule has 1 amide bonds. The third-order valence-electron chi connectivity index (χ3n) is 3.59. The van der Waals surface area contributed by atoms with Crippen LogP contribution in [0.2, 0.25) is 0 Å². The zero-order valence-corrected chi connectivity index (χ0v) is 15.5. The van der Waals surface area contributed by atoms with Crippen molar-refractivity contribution in [3.8, 4) is 0 Å². The second kappa shape index (κ2) is 8.92. The normalized spacial score (nSPS) is 11.0. The van der Waals surface area contributed by atoms with E-state index in [4.69, 9.17) is 0 Å². The average molecular weight is 309 g/mol. The molecule has 1 rings (SSSR count). The summed E-state index contributed by atoms with van der Waals surface area (Å²) in [6, 6.07) is 5.05. The molecule has 0 N–H and O–H groups in total. The highest BCUT2D eigenvalue weighted by molar-refractivity contribution is 5.97. The number of hydrogen-bond acceptors (Lipinski definition) is 1. The molecule has 0 radical (unpaired) electrons. The highest BCUT2D eigenvalue weighted by atomic mass is 19.1. The van der Waals surface area contributed by atoms with Crippen LogP contribution < -0.4 is 4.90 Å². The van der Waals surface area contributed by atoms with Crippen LogP contribution in [0.5, 0.6) is 0 Å². The Kier molecular flexibility index (Phi) is 8.36. The summed E-state index contributed by atoms with van der Waals surface area (Å²) in [5.74, 6) is -0.154. The first kappa shape index (κ1) is 20.6. The van der Waals surface area contributed by atoms with E-state index in [2.05, 4.69) is 13.8 Å². The highest BCUT2D eigenvalue weighted by Crippen LogP contribution is 2.28. The van der Waals surface area contributed by atoms with Crippen LogP contribution in [0.15, 0.2) is 18.2 Å². The Hall–Kier alpha value is -1.38. The maximum absolute atomic E-state index is 13.5. The Morgan fingerprint density at radius 3 is 2.05 bits per heavy atom. The molecule has 0 bridgehead atoms. The van der Waals surface area contributed by atoms with Crippen LogP contribution in [-0.2, 0) is 4.79 Å². The van der Waals surface area contributed by atoms with Gasteiger partial charge in [-0.1, -0.05) is 48.5 Å². The van der Waals surface area contributed by atoms with Gasteiger partial charge in [-0.3, -0.25) is 4.79 Å². The van der Waals surface area contributed by atoms with E-state index in [0.29, 0.717) is 5.56 Å². The van der Waals surface area contributed by atoms with E-state index >= 15 is 0 Å². The molecule has 0 spiro atoms. The lowest BCUT2D eigenvalue weighted by molar-refractivity contribution is -0.126. The van der Waals surface area contributed by atoms with Crippen molar-refractivity contribution >= 4 is 11.6 Å². The first-order valence-corrected chi connectivity index (χ1v) is 8.32. The number of aryl methyl sites for hydroxylation is 1. The van der Waals surface area contributed by atoms with E-state index in [-0.39, 0.29) is 17.8 Å². The van der Waals surface area contributed by atoms with Crippen molar-refractivity contribution in [2.75, 3.05) is 4.90 Å². The molecule has 0 unspecified atom stereocenters. The highest BCUT2D eigenvalue weighted by Gasteiger charge is 2.32. The van der Waals surface area contributed by atoms with Crippen LogP contribution in [0.1, 0.15) is 66.9 Å². The molecule has 22 heavy (non-hydrogen) atoms. The maximum Gasteiger partial charge on any atom is 0.232 e. The predicted octanol–water partition coefficient (Wildman–Crippen LogP) is 5.73. The standard InChI is InChI=1S/C17H26FNO.C2H6/c1-7-13(8-2)19(16(20)17(4,5)6)14-9-10-15(18)12(3)11-14;1-2/h9-11,13H,7-8H2,1-6H3;1-2H3. The molecular formula is C19H32FNO. The SMILES string of the molecule is CC.CCC(CC)N(C(=O)C(C)(C)C)c1ccc(F)c(C)c1. The molecule has 0 aliphatic rings.